The summed E-state index contributed by atoms with van der Waals surface area (Å²) in [6.45, 7) is 0. The number of halogens is 2. The fourth-order valence-corrected chi connectivity index (χ4v) is 4.78. The standard InChI is InChI=1S/C13H18BrFN2O2S/c14-10-7-11(15)12(16)8-13(10)20(18,19)17-9-5-3-1-2-4-6-9/h7-9,17H,1-6,16H2. The van der Waals surface area contributed by atoms with Crippen LogP contribution in [0.15, 0.2) is 21.5 Å². The lowest BCUT2D eigenvalue weighted by atomic mass is 10.1. The minimum Gasteiger partial charge on any atom is -0.396 e. The van der Waals surface area contributed by atoms with Gasteiger partial charge in [-0.2, -0.15) is 0 Å². The van der Waals surface area contributed by atoms with E-state index in [1.807, 2.05) is 0 Å². The summed E-state index contributed by atoms with van der Waals surface area (Å²) >= 11 is 3.08. The van der Waals surface area contributed by atoms with Crippen LogP contribution in [0, 0.1) is 5.82 Å². The van der Waals surface area contributed by atoms with Crippen LogP contribution in [0.25, 0.3) is 0 Å². The van der Waals surface area contributed by atoms with Gasteiger partial charge in [-0.05, 0) is 40.9 Å². The average molecular weight is 365 g/mol. The molecule has 0 aliphatic heterocycles. The summed E-state index contributed by atoms with van der Waals surface area (Å²) in [7, 11) is -3.69. The molecule has 4 nitrogen and oxygen atoms in total. The first-order chi connectivity index (χ1) is 9.40. The Balaban J connectivity index is 2.23. The van der Waals surface area contributed by atoms with E-state index in [9.17, 15) is 12.8 Å². The van der Waals surface area contributed by atoms with Crippen molar-refractivity contribution in [3.05, 3.63) is 22.4 Å². The second kappa shape index (κ2) is 6.41. The molecule has 0 bridgehead atoms. The molecule has 3 N–H and O–H groups in total. The molecule has 112 valence electrons. The third-order valence-corrected chi connectivity index (χ3v) is 6.00. The lowest BCUT2D eigenvalue weighted by molar-refractivity contribution is 0.509. The van der Waals surface area contributed by atoms with E-state index in [4.69, 9.17) is 5.73 Å². The van der Waals surface area contributed by atoms with E-state index in [1.165, 1.54) is 0 Å². The van der Waals surface area contributed by atoms with Gasteiger partial charge in [0, 0.05) is 10.5 Å². The fraction of sp³-hybridized carbons (Fsp3) is 0.538. The van der Waals surface area contributed by atoms with Crippen molar-refractivity contribution < 1.29 is 12.8 Å². The number of sulfonamides is 1. The molecule has 1 aromatic carbocycles. The van der Waals surface area contributed by atoms with Gasteiger partial charge in [-0.15, -0.1) is 0 Å². The average Bonchev–Trinajstić information content (AvgIpc) is 2.61. The Kier molecular flexibility index (Phi) is 5.04. The molecule has 0 unspecified atom stereocenters. The highest BCUT2D eigenvalue weighted by Crippen LogP contribution is 2.28. The zero-order valence-electron chi connectivity index (χ0n) is 11.0. The van der Waals surface area contributed by atoms with Crippen molar-refractivity contribution in [3.8, 4) is 0 Å². The number of nitrogen functional groups attached to an aromatic ring is 1. The SMILES string of the molecule is Nc1cc(S(=O)(=O)NC2CCCCCC2)c(Br)cc1F. The van der Waals surface area contributed by atoms with Gasteiger partial charge < -0.3 is 5.73 Å². The van der Waals surface area contributed by atoms with E-state index < -0.39 is 15.8 Å². The quantitative estimate of drug-likeness (QED) is 0.638. The molecule has 0 amide bonds. The minimum absolute atomic E-state index is 0.0133. The van der Waals surface area contributed by atoms with Crippen molar-refractivity contribution in [2.45, 2.75) is 49.5 Å². The number of anilines is 1. The number of hydrogen-bond donors (Lipinski definition) is 2. The van der Waals surface area contributed by atoms with Crippen molar-refractivity contribution in [2.24, 2.45) is 0 Å². The first kappa shape index (κ1) is 15.7. The van der Waals surface area contributed by atoms with Crippen LogP contribution in [-0.4, -0.2) is 14.5 Å². The van der Waals surface area contributed by atoms with Gasteiger partial charge in [0.05, 0.1) is 10.6 Å². The van der Waals surface area contributed by atoms with Crippen molar-refractivity contribution >= 4 is 31.6 Å². The summed E-state index contributed by atoms with van der Waals surface area (Å²) in [5.74, 6) is -0.634. The Morgan fingerprint density at radius 2 is 1.80 bits per heavy atom. The van der Waals surface area contributed by atoms with Crippen molar-refractivity contribution in [3.63, 3.8) is 0 Å². The molecule has 0 atom stereocenters. The highest BCUT2D eigenvalue weighted by Gasteiger charge is 2.24. The monoisotopic (exact) mass is 364 g/mol. The van der Waals surface area contributed by atoms with Crippen LogP contribution in [0.2, 0.25) is 0 Å². The highest BCUT2D eigenvalue weighted by atomic mass is 79.9. The van der Waals surface area contributed by atoms with Gasteiger partial charge >= 0.3 is 0 Å². The van der Waals surface area contributed by atoms with Crippen LogP contribution in [0.4, 0.5) is 10.1 Å². The number of benzene rings is 1. The fourth-order valence-electron chi connectivity index (χ4n) is 2.43. The molecule has 7 heteroatoms. The third kappa shape index (κ3) is 3.71. The molecular formula is C13H18BrFN2O2S. The molecule has 20 heavy (non-hydrogen) atoms. The molecule has 0 spiro atoms. The summed E-state index contributed by atoms with van der Waals surface area (Å²) in [5, 5.41) is 0. The van der Waals surface area contributed by atoms with Gasteiger partial charge in [0.1, 0.15) is 5.82 Å². The molecule has 0 radical (unpaired) electrons. The van der Waals surface area contributed by atoms with E-state index in [-0.39, 0.29) is 21.1 Å². The molecule has 1 aliphatic carbocycles. The predicted octanol–water partition coefficient (Wildman–Crippen LogP) is 3.17. The van der Waals surface area contributed by atoms with Gasteiger partial charge in [0.15, 0.2) is 0 Å². The molecule has 0 heterocycles. The Labute approximate surface area is 127 Å². The summed E-state index contributed by atoms with van der Waals surface area (Å²) in [5.41, 5.74) is 5.28. The lowest BCUT2D eigenvalue weighted by Gasteiger charge is -2.17. The van der Waals surface area contributed by atoms with E-state index in [0.29, 0.717) is 0 Å². The van der Waals surface area contributed by atoms with Crippen molar-refractivity contribution in [1.29, 1.82) is 0 Å². The maximum Gasteiger partial charge on any atom is 0.242 e. The van der Waals surface area contributed by atoms with Crippen molar-refractivity contribution in [1.82, 2.24) is 4.72 Å². The van der Waals surface area contributed by atoms with Crippen LogP contribution < -0.4 is 10.5 Å². The number of nitrogens with one attached hydrogen (secondary N) is 1. The van der Waals surface area contributed by atoms with Gasteiger partial charge in [-0.25, -0.2) is 17.5 Å². The number of hydrogen-bond acceptors (Lipinski definition) is 3. The molecule has 2 rings (SSSR count). The smallest absolute Gasteiger partial charge is 0.242 e. The second-order valence-electron chi connectivity index (χ2n) is 5.11. The van der Waals surface area contributed by atoms with E-state index in [0.717, 1.165) is 50.7 Å². The molecule has 1 aromatic rings. The molecule has 0 aromatic heterocycles. The molecule has 1 aliphatic rings. The van der Waals surface area contributed by atoms with Crippen LogP contribution in [0.1, 0.15) is 38.5 Å². The van der Waals surface area contributed by atoms with Crippen LogP contribution in [-0.2, 0) is 10.0 Å². The Hall–Kier alpha value is -0.660. The second-order valence-corrected chi connectivity index (χ2v) is 7.65. The summed E-state index contributed by atoms with van der Waals surface area (Å²) in [6.07, 6.45) is 6.03. The Bertz CT molecular complexity index is 584. The summed E-state index contributed by atoms with van der Waals surface area (Å²) < 4.78 is 40.9. The topological polar surface area (TPSA) is 72.2 Å². The van der Waals surface area contributed by atoms with Gasteiger partial charge in [-0.3, -0.25) is 0 Å². The van der Waals surface area contributed by atoms with E-state index in [2.05, 4.69) is 20.7 Å². The van der Waals surface area contributed by atoms with Crippen LogP contribution in [0.5, 0.6) is 0 Å². The molecular weight excluding hydrogens is 347 g/mol. The molecule has 1 fully saturated rings. The van der Waals surface area contributed by atoms with Gasteiger partial charge in [0.25, 0.3) is 0 Å². The molecule has 0 saturated heterocycles. The lowest BCUT2D eigenvalue weighted by Crippen LogP contribution is -2.34. The van der Waals surface area contributed by atoms with Crippen LogP contribution in [0.3, 0.4) is 0 Å². The maximum absolute atomic E-state index is 13.3. The summed E-state index contributed by atoms with van der Waals surface area (Å²) in [6, 6.07) is 2.18. The first-order valence-electron chi connectivity index (χ1n) is 6.67. The van der Waals surface area contributed by atoms with Crippen LogP contribution >= 0.6 is 15.9 Å². The number of nitrogens with two attached hydrogens (primary N) is 1. The largest absolute Gasteiger partial charge is 0.396 e. The highest BCUT2D eigenvalue weighted by molar-refractivity contribution is 9.10. The summed E-state index contributed by atoms with van der Waals surface area (Å²) in [4.78, 5) is -0.0133. The third-order valence-electron chi connectivity index (χ3n) is 3.52. The van der Waals surface area contributed by atoms with E-state index in [1.54, 1.807) is 0 Å². The molecule has 1 saturated carbocycles. The maximum atomic E-state index is 13.3. The normalized spacial score (nSPS) is 17.9. The first-order valence-corrected chi connectivity index (χ1v) is 8.94. The Morgan fingerprint density at radius 1 is 1.20 bits per heavy atom. The van der Waals surface area contributed by atoms with Gasteiger partial charge in [0.2, 0.25) is 10.0 Å². The van der Waals surface area contributed by atoms with Gasteiger partial charge in [-0.1, -0.05) is 25.7 Å². The van der Waals surface area contributed by atoms with Crippen molar-refractivity contribution in [2.75, 3.05) is 5.73 Å². The van der Waals surface area contributed by atoms with E-state index >= 15 is 0 Å². The Morgan fingerprint density at radius 3 is 2.40 bits per heavy atom. The zero-order valence-corrected chi connectivity index (χ0v) is 13.4. The zero-order chi connectivity index (χ0) is 14.8. The minimum atomic E-state index is -3.69. The predicted molar refractivity (Wildman–Crippen MR) is 80.3 cm³/mol. The number of rotatable bonds is 3.